The third-order valence-electron chi connectivity index (χ3n) is 3.14. The number of Topliss-reactive ketones (excluding diaryl/α,β-unsaturated/α-hetero) is 1. The van der Waals surface area contributed by atoms with E-state index < -0.39 is 0 Å². The highest BCUT2D eigenvalue weighted by molar-refractivity contribution is 5.81. The van der Waals surface area contributed by atoms with E-state index in [0.717, 1.165) is 22.6 Å². The number of hydrogen-bond acceptors (Lipinski definition) is 4. The summed E-state index contributed by atoms with van der Waals surface area (Å²) in [6.07, 6.45) is 2.63. The number of hydrogen-bond donors (Lipinski definition) is 0. The molecule has 0 spiro atoms. The molecule has 0 amide bonds. The molecule has 0 aliphatic heterocycles. The second kappa shape index (κ2) is 7.24. The van der Waals surface area contributed by atoms with Gasteiger partial charge in [-0.1, -0.05) is 6.92 Å². The highest BCUT2D eigenvalue weighted by Gasteiger charge is 2.15. The number of aryl methyl sites for hydroxylation is 1. The van der Waals surface area contributed by atoms with Crippen molar-refractivity contribution in [2.24, 2.45) is 5.92 Å². The van der Waals surface area contributed by atoms with E-state index in [0.29, 0.717) is 19.4 Å². The van der Waals surface area contributed by atoms with E-state index in [1.165, 1.54) is 0 Å². The van der Waals surface area contributed by atoms with Gasteiger partial charge in [0.05, 0.1) is 12.8 Å². The van der Waals surface area contributed by atoms with Crippen LogP contribution in [0.4, 0.5) is 0 Å². The van der Waals surface area contributed by atoms with E-state index in [4.69, 9.17) is 9.47 Å². The summed E-state index contributed by atoms with van der Waals surface area (Å²) in [5.74, 6) is 1.25. The van der Waals surface area contributed by atoms with Gasteiger partial charge in [-0.05, 0) is 19.8 Å². The number of rotatable bonds is 7. The standard InChI is InChI=1S/C15H23NO3/c1-10(9-18-4)6-13(17)7-14-12(3)15(19-5)11(2)8-16-14/h8,10H,6-7,9H2,1-5H3. The van der Waals surface area contributed by atoms with E-state index in [1.54, 1.807) is 20.4 Å². The number of ketones is 1. The molecule has 4 heteroatoms. The zero-order valence-corrected chi connectivity index (χ0v) is 12.4. The van der Waals surface area contributed by atoms with E-state index in [9.17, 15) is 4.79 Å². The second-order valence-corrected chi connectivity index (χ2v) is 5.03. The van der Waals surface area contributed by atoms with E-state index in [1.807, 2.05) is 20.8 Å². The lowest BCUT2D eigenvalue weighted by Crippen LogP contribution is -2.14. The average Bonchev–Trinajstić information content (AvgIpc) is 2.33. The Kier molecular flexibility index (Phi) is 5.96. The molecular formula is C15H23NO3. The first-order chi connectivity index (χ1) is 8.99. The van der Waals surface area contributed by atoms with Crippen molar-refractivity contribution in [3.05, 3.63) is 23.0 Å². The normalized spacial score (nSPS) is 12.3. The highest BCUT2D eigenvalue weighted by Crippen LogP contribution is 2.24. The maximum absolute atomic E-state index is 12.0. The zero-order chi connectivity index (χ0) is 14.4. The predicted octanol–water partition coefficient (Wildman–Crippen LogP) is 2.49. The smallest absolute Gasteiger partial charge is 0.139 e. The summed E-state index contributed by atoms with van der Waals surface area (Å²) in [4.78, 5) is 16.3. The maximum atomic E-state index is 12.0. The quantitative estimate of drug-likeness (QED) is 0.760. The largest absolute Gasteiger partial charge is 0.496 e. The van der Waals surface area contributed by atoms with Gasteiger partial charge in [0.1, 0.15) is 11.5 Å². The van der Waals surface area contributed by atoms with Crippen LogP contribution in [-0.2, 0) is 16.0 Å². The molecule has 1 rings (SSSR count). The van der Waals surface area contributed by atoms with Gasteiger partial charge in [0.2, 0.25) is 0 Å². The van der Waals surface area contributed by atoms with Gasteiger partial charge in [-0.3, -0.25) is 9.78 Å². The summed E-state index contributed by atoms with van der Waals surface area (Å²) in [5.41, 5.74) is 2.75. The molecule has 106 valence electrons. The molecule has 1 aromatic heterocycles. The number of nitrogens with zero attached hydrogens (tertiary/aromatic N) is 1. The number of aromatic nitrogens is 1. The summed E-state index contributed by atoms with van der Waals surface area (Å²) >= 11 is 0. The lowest BCUT2D eigenvalue weighted by Gasteiger charge is -2.13. The van der Waals surface area contributed by atoms with Crippen LogP contribution in [0.2, 0.25) is 0 Å². The predicted molar refractivity (Wildman–Crippen MR) is 74.6 cm³/mol. The SMILES string of the molecule is COCC(C)CC(=O)Cc1ncc(C)c(OC)c1C. The van der Waals surface area contributed by atoms with Crippen molar-refractivity contribution in [3.8, 4) is 5.75 Å². The first-order valence-corrected chi connectivity index (χ1v) is 6.49. The highest BCUT2D eigenvalue weighted by atomic mass is 16.5. The Balaban J connectivity index is 2.75. The van der Waals surface area contributed by atoms with Crippen molar-refractivity contribution in [1.82, 2.24) is 4.98 Å². The van der Waals surface area contributed by atoms with Crippen LogP contribution in [0.3, 0.4) is 0 Å². The minimum atomic E-state index is 0.186. The third kappa shape index (κ3) is 4.31. The van der Waals surface area contributed by atoms with Gasteiger partial charge in [0, 0.05) is 43.9 Å². The van der Waals surface area contributed by atoms with Crippen LogP contribution in [0, 0.1) is 19.8 Å². The van der Waals surface area contributed by atoms with Gasteiger partial charge in [0.25, 0.3) is 0 Å². The van der Waals surface area contributed by atoms with Crippen LogP contribution in [0.1, 0.15) is 30.2 Å². The molecule has 0 aromatic carbocycles. The summed E-state index contributed by atoms with van der Waals surface area (Å²) < 4.78 is 10.4. The molecule has 0 saturated carbocycles. The summed E-state index contributed by atoms with van der Waals surface area (Å²) in [5, 5.41) is 0. The lowest BCUT2D eigenvalue weighted by atomic mass is 10.00. The van der Waals surface area contributed by atoms with Crippen molar-refractivity contribution < 1.29 is 14.3 Å². The first kappa shape index (κ1) is 15.6. The maximum Gasteiger partial charge on any atom is 0.139 e. The fourth-order valence-corrected chi connectivity index (χ4v) is 2.24. The summed E-state index contributed by atoms with van der Waals surface area (Å²) in [6, 6.07) is 0. The van der Waals surface area contributed by atoms with Crippen molar-refractivity contribution >= 4 is 5.78 Å². The van der Waals surface area contributed by atoms with Gasteiger partial charge in [-0.2, -0.15) is 0 Å². The number of carbonyl (C=O) groups is 1. The lowest BCUT2D eigenvalue weighted by molar-refractivity contribution is -0.119. The zero-order valence-electron chi connectivity index (χ0n) is 12.4. The molecule has 0 bridgehead atoms. The van der Waals surface area contributed by atoms with Gasteiger partial charge in [-0.25, -0.2) is 0 Å². The summed E-state index contributed by atoms with van der Waals surface area (Å²) in [6.45, 7) is 6.51. The van der Waals surface area contributed by atoms with Crippen molar-refractivity contribution in [1.29, 1.82) is 0 Å². The van der Waals surface area contributed by atoms with Crippen LogP contribution in [-0.4, -0.2) is 31.6 Å². The molecule has 1 heterocycles. The molecule has 4 nitrogen and oxygen atoms in total. The molecule has 1 unspecified atom stereocenters. The van der Waals surface area contributed by atoms with E-state index in [2.05, 4.69) is 4.98 Å². The van der Waals surface area contributed by atoms with Gasteiger partial charge in [0.15, 0.2) is 0 Å². The van der Waals surface area contributed by atoms with E-state index in [-0.39, 0.29) is 11.7 Å². The number of pyridine rings is 1. The molecule has 0 radical (unpaired) electrons. The molecule has 1 aromatic rings. The Morgan fingerprint density at radius 3 is 2.63 bits per heavy atom. The minimum Gasteiger partial charge on any atom is -0.496 e. The minimum absolute atomic E-state index is 0.186. The fraction of sp³-hybridized carbons (Fsp3) is 0.600. The molecule has 0 aliphatic carbocycles. The number of ether oxygens (including phenoxy) is 2. The van der Waals surface area contributed by atoms with Crippen LogP contribution < -0.4 is 4.74 Å². The summed E-state index contributed by atoms with van der Waals surface area (Å²) in [7, 11) is 3.29. The van der Waals surface area contributed by atoms with Crippen LogP contribution in [0.15, 0.2) is 6.20 Å². The average molecular weight is 265 g/mol. The molecule has 0 fully saturated rings. The van der Waals surface area contributed by atoms with Gasteiger partial charge >= 0.3 is 0 Å². The Hall–Kier alpha value is -1.42. The van der Waals surface area contributed by atoms with Crippen LogP contribution >= 0.6 is 0 Å². The Morgan fingerprint density at radius 1 is 1.37 bits per heavy atom. The topological polar surface area (TPSA) is 48.4 Å². The Labute approximate surface area is 115 Å². The van der Waals surface area contributed by atoms with Gasteiger partial charge < -0.3 is 9.47 Å². The molecule has 0 N–H and O–H groups in total. The van der Waals surface area contributed by atoms with Crippen molar-refractivity contribution in [2.45, 2.75) is 33.6 Å². The molecule has 19 heavy (non-hydrogen) atoms. The van der Waals surface area contributed by atoms with E-state index >= 15 is 0 Å². The van der Waals surface area contributed by atoms with Gasteiger partial charge in [-0.15, -0.1) is 0 Å². The van der Waals surface area contributed by atoms with Crippen LogP contribution in [0.5, 0.6) is 5.75 Å². The second-order valence-electron chi connectivity index (χ2n) is 5.03. The Morgan fingerprint density at radius 2 is 2.05 bits per heavy atom. The molecule has 0 aliphatic rings. The molecule has 0 saturated heterocycles. The molecular weight excluding hydrogens is 242 g/mol. The Bertz CT molecular complexity index is 443. The fourth-order valence-electron chi connectivity index (χ4n) is 2.24. The van der Waals surface area contributed by atoms with Crippen LogP contribution in [0.25, 0.3) is 0 Å². The molecule has 1 atom stereocenters. The monoisotopic (exact) mass is 265 g/mol. The number of methoxy groups -OCH3 is 2. The van der Waals surface area contributed by atoms with Crippen molar-refractivity contribution in [2.75, 3.05) is 20.8 Å². The van der Waals surface area contributed by atoms with Crippen molar-refractivity contribution in [3.63, 3.8) is 0 Å². The number of carbonyl (C=O) groups excluding carboxylic acids is 1. The first-order valence-electron chi connectivity index (χ1n) is 6.49. The third-order valence-corrected chi connectivity index (χ3v) is 3.14.